The van der Waals surface area contributed by atoms with Crippen molar-refractivity contribution in [1.82, 2.24) is 19.3 Å². The summed E-state index contributed by atoms with van der Waals surface area (Å²) in [6, 6.07) is 6.25. The van der Waals surface area contributed by atoms with Crippen LogP contribution in [0.15, 0.2) is 22.7 Å². The van der Waals surface area contributed by atoms with Crippen LogP contribution >= 0.6 is 27.5 Å². The van der Waals surface area contributed by atoms with E-state index >= 15 is 0 Å². The topological polar surface area (TPSA) is 35.6 Å². The number of aryl methyl sites for hydroxylation is 4. The summed E-state index contributed by atoms with van der Waals surface area (Å²) in [5.41, 5.74) is 5.19. The Morgan fingerprint density at radius 1 is 1.29 bits per heavy atom. The third-order valence-corrected chi connectivity index (χ3v) is 4.27. The van der Waals surface area contributed by atoms with Crippen molar-refractivity contribution in [2.75, 3.05) is 5.88 Å². The van der Waals surface area contributed by atoms with Crippen molar-refractivity contribution < 1.29 is 0 Å². The van der Waals surface area contributed by atoms with Crippen LogP contribution in [0.5, 0.6) is 0 Å². The molecule has 0 amide bonds. The van der Waals surface area contributed by atoms with E-state index in [0.29, 0.717) is 5.88 Å². The minimum Gasteiger partial charge on any atom is -0.281 e. The molecule has 6 heteroatoms. The van der Waals surface area contributed by atoms with Gasteiger partial charge in [0.05, 0.1) is 11.4 Å². The third kappa shape index (κ3) is 2.38. The first-order valence-corrected chi connectivity index (χ1v) is 8.09. The maximum Gasteiger partial charge on any atom is 0.163 e. The van der Waals surface area contributed by atoms with Crippen LogP contribution in [-0.2, 0) is 13.5 Å². The van der Waals surface area contributed by atoms with Crippen LogP contribution < -0.4 is 0 Å². The smallest absolute Gasteiger partial charge is 0.163 e. The average Bonchev–Trinajstić information content (AvgIpc) is 2.90. The second kappa shape index (κ2) is 5.46. The first-order chi connectivity index (χ1) is 10.0. The maximum atomic E-state index is 5.95. The van der Waals surface area contributed by atoms with Crippen molar-refractivity contribution in [3.05, 3.63) is 39.8 Å². The van der Waals surface area contributed by atoms with Crippen molar-refractivity contribution in [3.63, 3.8) is 0 Å². The maximum absolute atomic E-state index is 5.95. The van der Waals surface area contributed by atoms with Crippen LogP contribution in [-0.4, -0.2) is 25.2 Å². The zero-order valence-corrected chi connectivity index (χ0v) is 14.5. The molecule has 1 aromatic carbocycles. The monoisotopic (exact) mass is 366 g/mol. The van der Waals surface area contributed by atoms with E-state index in [-0.39, 0.29) is 0 Å². The molecule has 0 unspecified atom stereocenters. The lowest BCUT2D eigenvalue weighted by molar-refractivity contribution is 0.750. The largest absolute Gasteiger partial charge is 0.281 e. The van der Waals surface area contributed by atoms with E-state index < -0.39 is 0 Å². The third-order valence-electron chi connectivity index (χ3n) is 3.59. The predicted octanol–water partition coefficient (Wildman–Crippen LogP) is 3.92. The molecule has 0 aliphatic rings. The predicted molar refractivity (Wildman–Crippen MR) is 89.4 cm³/mol. The van der Waals surface area contributed by atoms with Gasteiger partial charge in [0.1, 0.15) is 11.3 Å². The van der Waals surface area contributed by atoms with Gasteiger partial charge in [0.25, 0.3) is 0 Å². The van der Waals surface area contributed by atoms with Crippen LogP contribution in [0.2, 0.25) is 0 Å². The lowest BCUT2D eigenvalue weighted by Gasteiger charge is -2.12. The minimum atomic E-state index is 0.547. The Kier molecular flexibility index (Phi) is 3.80. The van der Waals surface area contributed by atoms with E-state index in [4.69, 9.17) is 16.6 Å². The fourth-order valence-electron chi connectivity index (χ4n) is 2.69. The van der Waals surface area contributed by atoms with E-state index in [1.54, 1.807) is 0 Å². The van der Waals surface area contributed by atoms with E-state index in [1.807, 2.05) is 24.7 Å². The summed E-state index contributed by atoms with van der Waals surface area (Å²) in [7, 11) is 1.95. The second-order valence-electron chi connectivity index (χ2n) is 5.11. The highest BCUT2D eigenvalue weighted by Gasteiger charge is 2.19. The molecular formula is C15H16BrClN4. The Hall–Kier alpha value is -1.33. The zero-order valence-electron chi connectivity index (χ0n) is 12.2. The molecule has 0 atom stereocenters. The molecule has 3 aromatic rings. The number of alkyl halides is 1. The highest BCUT2D eigenvalue weighted by atomic mass is 79.9. The van der Waals surface area contributed by atoms with Gasteiger partial charge < -0.3 is 0 Å². The average molecular weight is 368 g/mol. The quantitative estimate of drug-likeness (QED) is 0.658. The summed E-state index contributed by atoms with van der Waals surface area (Å²) in [6.45, 7) is 4.08. The Labute approximate surface area is 136 Å². The summed E-state index contributed by atoms with van der Waals surface area (Å²) >= 11 is 9.47. The number of halogens is 2. The van der Waals surface area contributed by atoms with Crippen LogP contribution in [0.4, 0.5) is 0 Å². The second-order valence-corrected chi connectivity index (χ2v) is 6.41. The summed E-state index contributed by atoms with van der Waals surface area (Å²) in [5, 5.41) is 4.48. The van der Waals surface area contributed by atoms with Gasteiger partial charge in [-0.05, 0) is 37.6 Å². The lowest BCUT2D eigenvalue weighted by Crippen LogP contribution is -2.07. The highest BCUT2D eigenvalue weighted by molar-refractivity contribution is 9.10. The fraction of sp³-hybridized carbons (Fsp3) is 0.333. The van der Waals surface area contributed by atoms with Gasteiger partial charge in [-0.2, -0.15) is 5.10 Å². The summed E-state index contributed by atoms with van der Waals surface area (Å²) in [6.07, 6.45) is 0.727. The van der Waals surface area contributed by atoms with Crippen LogP contribution in [0, 0.1) is 13.8 Å². The normalized spacial score (nSPS) is 11.5. The molecular weight excluding hydrogens is 352 g/mol. The van der Waals surface area contributed by atoms with Crippen LogP contribution in [0.3, 0.4) is 0 Å². The molecule has 4 nitrogen and oxygen atoms in total. The Morgan fingerprint density at radius 3 is 2.71 bits per heavy atom. The van der Waals surface area contributed by atoms with Crippen LogP contribution in [0.25, 0.3) is 16.9 Å². The number of hydrogen-bond donors (Lipinski definition) is 0. The van der Waals surface area contributed by atoms with Gasteiger partial charge in [0.2, 0.25) is 0 Å². The molecule has 0 aliphatic carbocycles. The molecule has 0 fully saturated rings. The standard InChI is InChI=1S/C15H16BrClN4/c1-9-8-11(16)4-5-12(9)21-13(6-7-17)18-14-10(2)19-20(3)15(14)21/h4-5,8H,6-7H2,1-3H3. The van der Waals surface area contributed by atoms with Gasteiger partial charge in [0, 0.05) is 23.8 Å². The molecule has 0 radical (unpaired) electrons. The van der Waals surface area contributed by atoms with E-state index in [1.165, 1.54) is 5.56 Å². The van der Waals surface area contributed by atoms with Gasteiger partial charge in [-0.25, -0.2) is 9.67 Å². The van der Waals surface area contributed by atoms with Gasteiger partial charge in [-0.1, -0.05) is 15.9 Å². The van der Waals surface area contributed by atoms with Crippen molar-refractivity contribution in [1.29, 1.82) is 0 Å². The van der Waals surface area contributed by atoms with Crippen molar-refractivity contribution >= 4 is 38.7 Å². The summed E-state index contributed by atoms with van der Waals surface area (Å²) in [4.78, 5) is 4.75. The highest BCUT2D eigenvalue weighted by Crippen LogP contribution is 2.27. The molecule has 0 aliphatic heterocycles. The molecule has 2 heterocycles. The SMILES string of the molecule is Cc1cc(Br)ccc1-n1c(CCCl)nc2c(C)nn(C)c21. The molecule has 21 heavy (non-hydrogen) atoms. The Morgan fingerprint density at radius 2 is 2.05 bits per heavy atom. The van der Waals surface area contributed by atoms with E-state index in [9.17, 15) is 0 Å². The summed E-state index contributed by atoms with van der Waals surface area (Å²) < 4.78 is 5.12. The number of fused-ring (bicyclic) bond motifs is 1. The van der Waals surface area contributed by atoms with E-state index in [2.05, 4.69) is 44.7 Å². The zero-order chi connectivity index (χ0) is 15.1. The number of rotatable bonds is 3. The molecule has 110 valence electrons. The number of aromatic nitrogens is 4. The number of benzene rings is 1. The number of nitrogens with zero attached hydrogens (tertiary/aromatic N) is 4. The van der Waals surface area contributed by atoms with Gasteiger partial charge in [-0.3, -0.25) is 4.57 Å². The first-order valence-electron chi connectivity index (χ1n) is 6.76. The van der Waals surface area contributed by atoms with Crippen molar-refractivity contribution in [2.24, 2.45) is 7.05 Å². The number of imidazole rings is 1. The van der Waals surface area contributed by atoms with Crippen molar-refractivity contribution in [2.45, 2.75) is 20.3 Å². The molecule has 0 saturated carbocycles. The van der Waals surface area contributed by atoms with Crippen LogP contribution in [0.1, 0.15) is 17.1 Å². The Balaban J connectivity index is 2.35. The molecule has 2 aromatic heterocycles. The molecule has 0 saturated heterocycles. The molecule has 3 rings (SSSR count). The molecule has 0 N–H and O–H groups in total. The van der Waals surface area contributed by atoms with E-state index in [0.717, 1.165) is 39.3 Å². The Bertz CT molecular complexity index is 819. The van der Waals surface area contributed by atoms with Gasteiger partial charge >= 0.3 is 0 Å². The fourth-order valence-corrected chi connectivity index (χ4v) is 3.34. The van der Waals surface area contributed by atoms with Gasteiger partial charge in [0.15, 0.2) is 5.65 Å². The van der Waals surface area contributed by atoms with Crippen molar-refractivity contribution in [3.8, 4) is 5.69 Å². The summed E-state index contributed by atoms with van der Waals surface area (Å²) in [5.74, 6) is 1.52. The molecule has 0 spiro atoms. The number of hydrogen-bond acceptors (Lipinski definition) is 2. The lowest BCUT2D eigenvalue weighted by atomic mass is 10.2. The minimum absolute atomic E-state index is 0.547. The first kappa shape index (κ1) is 14.6. The van der Waals surface area contributed by atoms with Gasteiger partial charge in [-0.15, -0.1) is 11.6 Å². The molecule has 0 bridgehead atoms.